The standard InChI is InChI=1S/C25H24N2O7S/c1-17-6-5-7-18(14-17)26-35(30,31)20-12-10-19(11-13-20)33-16-24(28)27-15-23(25(29)32-2)34-22-9-4-3-8-21(22)27/h3-14,23,26H,15-16H2,1-2H3/t23-/m1/s1. The van der Waals surface area contributed by atoms with Crippen molar-refractivity contribution in [3.63, 3.8) is 0 Å². The minimum absolute atomic E-state index is 0.0201. The highest BCUT2D eigenvalue weighted by Crippen LogP contribution is 2.33. The van der Waals surface area contributed by atoms with Crippen molar-refractivity contribution in [1.82, 2.24) is 0 Å². The van der Waals surface area contributed by atoms with Crippen LogP contribution in [-0.2, 0) is 24.3 Å². The number of rotatable bonds is 7. The van der Waals surface area contributed by atoms with Gasteiger partial charge in [-0.3, -0.25) is 9.52 Å². The molecule has 10 heteroatoms. The molecule has 0 saturated carbocycles. The molecule has 1 aliphatic heterocycles. The summed E-state index contributed by atoms with van der Waals surface area (Å²) in [4.78, 5) is 26.4. The number of sulfonamides is 1. The molecule has 1 N–H and O–H groups in total. The summed E-state index contributed by atoms with van der Waals surface area (Å²) in [5, 5.41) is 0. The first-order valence-electron chi connectivity index (χ1n) is 10.7. The molecule has 1 heterocycles. The normalized spacial score (nSPS) is 14.9. The van der Waals surface area contributed by atoms with Gasteiger partial charge in [0, 0.05) is 5.69 Å². The molecule has 0 unspecified atom stereocenters. The van der Waals surface area contributed by atoms with Gasteiger partial charge in [0.2, 0.25) is 6.10 Å². The van der Waals surface area contributed by atoms with Crippen molar-refractivity contribution >= 4 is 33.3 Å². The third-order valence-corrected chi connectivity index (χ3v) is 6.70. The van der Waals surface area contributed by atoms with Crippen molar-refractivity contribution in [3.8, 4) is 11.5 Å². The molecule has 0 aromatic heterocycles. The highest BCUT2D eigenvalue weighted by Gasteiger charge is 2.34. The van der Waals surface area contributed by atoms with Crippen LogP contribution in [-0.4, -0.2) is 46.7 Å². The lowest BCUT2D eigenvalue weighted by Gasteiger charge is -2.33. The van der Waals surface area contributed by atoms with Gasteiger partial charge in [-0.1, -0.05) is 24.3 Å². The van der Waals surface area contributed by atoms with Crippen molar-refractivity contribution in [2.45, 2.75) is 17.9 Å². The van der Waals surface area contributed by atoms with Crippen LogP contribution in [0.3, 0.4) is 0 Å². The Hall–Kier alpha value is -4.05. The Kier molecular flexibility index (Phi) is 6.92. The smallest absolute Gasteiger partial charge is 0.348 e. The third-order valence-electron chi connectivity index (χ3n) is 5.31. The molecule has 35 heavy (non-hydrogen) atoms. The monoisotopic (exact) mass is 496 g/mol. The average molecular weight is 497 g/mol. The predicted octanol–water partition coefficient (Wildman–Crippen LogP) is 3.14. The maximum atomic E-state index is 12.9. The molecule has 0 bridgehead atoms. The number of benzene rings is 3. The van der Waals surface area contributed by atoms with Crippen molar-refractivity contribution < 1.29 is 32.2 Å². The Labute approximate surface area is 203 Å². The summed E-state index contributed by atoms with van der Waals surface area (Å²) in [6.45, 7) is 1.53. The minimum atomic E-state index is -3.78. The summed E-state index contributed by atoms with van der Waals surface area (Å²) >= 11 is 0. The van der Waals surface area contributed by atoms with Gasteiger partial charge in [0.15, 0.2) is 6.61 Å². The molecular formula is C25H24N2O7S. The van der Waals surface area contributed by atoms with E-state index in [9.17, 15) is 18.0 Å². The van der Waals surface area contributed by atoms with Gasteiger partial charge in [-0.15, -0.1) is 0 Å². The highest BCUT2D eigenvalue weighted by molar-refractivity contribution is 7.92. The van der Waals surface area contributed by atoms with E-state index in [1.54, 1.807) is 42.5 Å². The van der Waals surface area contributed by atoms with E-state index >= 15 is 0 Å². The Morgan fingerprint density at radius 3 is 2.51 bits per heavy atom. The number of ether oxygens (including phenoxy) is 3. The summed E-state index contributed by atoms with van der Waals surface area (Å²) in [5.74, 6) is -0.279. The van der Waals surface area contributed by atoms with Crippen molar-refractivity contribution in [3.05, 3.63) is 78.4 Å². The third kappa shape index (κ3) is 5.55. The summed E-state index contributed by atoms with van der Waals surface area (Å²) in [7, 11) is -2.53. The van der Waals surface area contributed by atoms with Gasteiger partial charge in [0.05, 0.1) is 24.2 Å². The molecule has 0 spiro atoms. The fraction of sp³-hybridized carbons (Fsp3) is 0.200. The highest BCUT2D eigenvalue weighted by atomic mass is 32.2. The quantitative estimate of drug-likeness (QED) is 0.500. The number of nitrogens with zero attached hydrogens (tertiary/aromatic N) is 1. The van der Waals surface area contributed by atoms with Crippen LogP contribution in [0, 0.1) is 6.92 Å². The second-order valence-corrected chi connectivity index (χ2v) is 9.52. The Balaban J connectivity index is 1.42. The van der Waals surface area contributed by atoms with Crippen LogP contribution in [0.2, 0.25) is 0 Å². The number of carbonyl (C=O) groups excluding carboxylic acids is 2. The number of aryl methyl sites for hydroxylation is 1. The van der Waals surface area contributed by atoms with E-state index in [2.05, 4.69) is 4.72 Å². The van der Waals surface area contributed by atoms with Crippen LogP contribution in [0.1, 0.15) is 5.56 Å². The molecule has 182 valence electrons. The summed E-state index contributed by atoms with van der Waals surface area (Å²) in [5.41, 5.74) is 1.91. The zero-order chi connectivity index (χ0) is 25.0. The van der Waals surface area contributed by atoms with E-state index in [-0.39, 0.29) is 18.0 Å². The Bertz CT molecular complexity index is 1340. The van der Waals surface area contributed by atoms with Crippen LogP contribution < -0.4 is 19.1 Å². The number of methoxy groups -OCH3 is 1. The lowest BCUT2D eigenvalue weighted by Crippen LogP contribution is -2.48. The molecule has 4 rings (SSSR count). The number of carbonyl (C=O) groups is 2. The SMILES string of the molecule is COC(=O)[C@H]1CN(C(=O)COc2ccc(S(=O)(=O)Nc3cccc(C)c3)cc2)c2ccccc2O1. The second-order valence-electron chi connectivity index (χ2n) is 7.84. The first-order valence-corrected chi connectivity index (χ1v) is 12.2. The van der Waals surface area contributed by atoms with Gasteiger partial charge in [0.25, 0.3) is 15.9 Å². The van der Waals surface area contributed by atoms with Gasteiger partial charge in [-0.05, 0) is 61.0 Å². The van der Waals surface area contributed by atoms with Crippen molar-refractivity contribution in [1.29, 1.82) is 0 Å². The number of hydrogen-bond acceptors (Lipinski definition) is 7. The first kappa shape index (κ1) is 24.1. The van der Waals surface area contributed by atoms with E-state index in [0.717, 1.165) is 5.56 Å². The molecule has 1 amide bonds. The number of nitrogens with one attached hydrogen (secondary N) is 1. The summed E-state index contributed by atoms with van der Waals surface area (Å²) < 4.78 is 43.9. The molecular weight excluding hydrogens is 472 g/mol. The molecule has 0 fully saturated rings. The van der Waals surface area contributed by atoms with Crippen LogP contribution in [0.5, 0.6) is 11.5 Å². The van der Waals surface area contributed by atoms with Crippen LogP contribution >= 0.6 is 0 Å². The zero-order valence-electron chi connectivity index (χ0n) is 19.1. The Morgan fingerprint density at radius 1 is 1.06 bits per heavy atom. The van der Waals surface area contributed by atoms with Crippen LogP contribution in [0.4, 0.5) is 11.4 Å². The maximum absolute atomic E-state index is 12.9. The van der Waals surface area contributed by atoms with E-state index in [4.69, 9.17) is 14.2 Å². The van der Waals surface area contributed by atoms with Crippen LogP contribution in [0.25, 0.3) is 0 Å². The number of hydrogen-bond donors (Lipinski definition) is 1. The number of esters is 1. The molecule has 3 aromatic carbocycles. The summed E-state index contributed by atoms with van der Waals surface area (Å²) in [6, 6.07) is 19.6. The largest absolute Gasteiger partial charge is 0.484 e. The summed E-state index contributed by atoms with van der Waals surface area (Å²) in [6.07, 6.45) is -0.954. The van der Waals surface area contributed by atoms with E-state index < -0.39 is 28.0 Å². The average Bonchev–Trinajstić information content (AvgIpc) is 2.86. The zero-order valence-corrected chi connectivity index (χ0v) is 19.9. The molecule has 0 radical (unpaired) electrons. The molecule has 3 aromatic rings. The fourth-order valence-corrected chi connectivity index (χ4v) is 4.63. The fourth-order valence-electron chi connectivity index (χ4n) is 3.59. The number of amides is 1. The predicted molar refractivity (Wildman–Crippen MR) is 129 cm³/mol. The number of fused-ring (bicyclic) bond motifs is 1. The van der Waals surface area contributed by atoms with E-state index in [0.29, 0.717) is 22.9 Å². The lowest BCUT2D eigenvalue weighted by molar-refractivity contribution is -0.148. The number of para-hydroxylation sites is 2. The van der Waals surface area contributed by atoms with Gasteiger partial charge in [-0.2, -0.15) is 0 Å². The molecule has 1 atom stereocenters. The molecule has 9 nitrogen and oxygen atoms in total. The van der Waals surface area contributed by atoms with E-state index in [1.165, 1.54) is 36.3 Å². The first-order chi connectivity index (χ1) is 16.8. The molecule has 1 aliphatic rings. The van der Waals surface area contributed by atoms with Gasteiger partial charge < -0.3 is 19.1 Å². The van der Waals surface area contributed by atoms with Gasteiger partial charge in [0.1, 0.15) is 11.5 Å². The van der Waals surface area contributed by atoms with E-state index in [1.807, 2.05) is 13.0 Å². The second kappa shape index (κ2) is 10.1. The van der Waals surface area contributed by atoms with Gasteiger partial charge in [-0.25, -0.2) is 13.2 Å². The minimum Gasteiger partial charge on any atom is -0.484 e. The molecule has 0 aliphatic carbocycles. The van der Waals surface area contributed by atoms with Crippen molar-refractivity contribution in [2.24, 2.45) is 0 Å². The lowest BCUT2D eigenvalue weighted by atomic mass is 10.2. The molecule has 0 saturated heterocycles. The maximum Gasteiger partial charge on any atom is 0.348 e. The van der Waals surface area contributed by atoms with Crippen molar-refractivity contribution in [2.75, 3.05) is 29.9 Å². The van der Waals surface area contributed by atoms with Gasteiger partial charge >= 0.3 is 5.97 Å². The van der Waals surface area contributed by atoms with Crippen LogP contribution in [0.15, 0.2) is 77.7 Å². The topological polar surface area (TPSA) is 111 Å². The number of anilines is 2. The Morgan fingerprint density at radius 2 is 1.80 bits per heavy atom.